The van der Waals surface area contributed by atoms with Gasteiger partial charge in [0.2, 0.25) is 0 Å². The van der Waals surface area contributed by atoms with E-state index in [-0.39, 0.29) is 0 Å². The third-order valence-corrected chi connectivity index (χ3v) is 3.12. The molecule has 6 heteroatoms. The molecule has 0 saturated heterocycles. The third kappa shape index (κ3) is 3.72. The second-order valence-corrected chi connectivity index (χ2v) is 4.45. The van der Waals surface area contributed by atoms with Gasteiger partial charge in [-0.15, -0.1) is 5.10 Å². The number of aromatic nitrogens is 3. The number of hydrogen-bond acceptors (Lipinski definition) is 5. The summed E-state index contributed by atoms with van der Waals surface area (Å²) in [6.45, 7) is 3.26. The van der Waals surface area contributed by atoms with E-state index in [4.69, 9.17) is 14.7 Å². The maximum absolute atomic E-state index is 8.93. The highest BCUT2D eigenvalue weighted by molar-refractivity contribution is 5.31. The van der Waals surface area contributed by atoms with E-state index in [1.807, 2.05) is 31.2 Å². The Hall–Kier alpha value is -2.55. The van der Waals surface area contributed by atoms with Gasteiger partial charge in [-0.05, 0) is 30.7 Å². The minimum absolute atomic E-state index is 0.411. The number of aryl methyl sites for hydroxylation is 1. The lowest BCUT2D eigenvalue weighted by Crippen LogP contribution is -2.09. The third-order valence-electron chi connectivity index (χ3n) is 3.12. The van der Waals surface area contributed by atoms with Crippen molar-refractivity contribution in [1.82, 2.24) is 15.0 Å². The maximum atomic E-state index is 8.93. The fourth-order valence-corrected chi connectivity index (χ4v) is 2.03. The lowest BCUT2D eigenvalue weighted by Gasteiger charge is -2.08. The summed E-state index contributed by atoms with van der Waals surface area (Å²) in [5.74, 6) is 1.62. The average Bonchev–Trinajstić information content (AvgIpc) is 2.94. The normalized spacial score (nSPS) is 10.1. The molecule has 0 aliphatic rings. The van der Waals surface area contributed by atoms with Gasteiger partial charge in [0.1, 0.15) is 17.6 Å². The quantitative estimate of drug-likeness (QED) is 0.729. The van der Waals surface area contributed by atoms with Gasteiger partial charge in [-0.25, -0.2) is 4.68 Å². The minimum Gasteiger partial charge on any atom is -0.497 e. The van der Waals surface area contributed by atoms with E-state index in [9.17, 15) is 0 Å². The second-order valence-electron chi connectivity index (χ2n) is 4.45. The van der Waals surface area contributed by atoms with Gasteiger partial charge in [-0.3, -0.25) is 0 Å². The SMILES string of the molecule is CCc1c(C#N)nnn1CCCOc1ccc(OC)cc1. The molecule has 0 atom stereocenters. The molecule has 1 aromatic heterocycles. The molecule has 6 nitrogen and oxygen atoms in total. The van der Waals surface area contributed by atoms with Gasteiger partial charge in [0, 0.05) is 13.0 Å². The first-order valence-electron chi connectivity index (χ1n) is 6.87. The molecule has 0 fully saturated rings. The molecule has 0 aliphatic carbocycles. The van der Waals surface area contributed by atoms with Gasteiger partial charge in [0.05, 0.1) is 19.4 Å². The number of rotatable bonds is 7. The molecule has 21 heavy (non-hydrogen) atoms. The fraction of sp³-hybridized carbons (Fsp3) is 0.400. The zero-order valence-corrected chi connectivity index (χ0v) is 12.2. The van der Waals surface area contributed by atoms with Crippen molar-refractivity contribution in [2.45, 2.75) is 26.3 Å². The van der Waals surface area contributed by atoms with Crippen LogP contribution in [-0.4, -0.2) is 28.7 Å². The van der Waals surface area contributed by atoms with Crippen LogP contribution in [0.2, 0.25) is 0 Å². The Balaban J connectivity index is 1.82. The van der Waals surface area contributed by atoms with Crippen molar-refractivity contribution in [1.29, 1.82) is 5.26 Å². The van der Waals surface area contributed by atoms with Crippen molar-refractivity contribution in [3.8, 4) is 17.6 Å². The Labute approximate surface area is 123 Å². The van der Waals surface area contributed by atoms with Crippen molar-refractivity contribution in [3.05, 3.63) is 35.7 Å². The Morgan fingerprint density at radius 2 is 1.95 bits per heavy atom. The van der Waals surface area contributed by atoms with Crippen molar-refractivity contribution in [2.24, 2.45) is 0 Å². The second kappa shape index (κ2) is 7.29. The molecule has 0 radical (unpaired) electrons. The maximum Gasteiger partial charge on any atom is 0.185 e. The summed E-state index contributed by atoms with van der Waals surface area (Å²) in [4.78, 5) is 0. The lowest BCUT2D eigenvalue weighted by atomic mass is 10.2. The first kappa shape index (κ1) is 14.9. The smallest absolute Gasteiger partial charge is 0.185 e. The summed E-state index contributed by atoms with van der Waals surface area (Å²) in [5.41, 5.74) is 1.29. The average molecular weight is 286 g/mol. The Bertz CT molecular complexity index is 614. The van der Waals surface area contributed by atoms with E-state index in [1.165, 1.54) is 0 Å². The minimum atomic E-state index is 0.411. The van der Waals surface area contributed by atoms with Crippen LogP contribution >= 0.6 is 0 Å². The Morgan fingerprint density at radius 1 is 1.24 bits per heavy atom. The van der Waals surface area contributed by atoms with E-state index in [0.29, 0.717) is 18.8 Å². The number of ether oxygens (including phenoxy) is 2. The Kier molecular flexibility index (Phi) is 5.16. The molecule has 1 aromatic carbocycles. The summed E-state index contributed by atoms with van der Waals surface area (Å²) < 4.78 is 12.5. The molecule has 2 rings (SSSR count). The first-order chi connectivity index (χ1) is 10.3. The molecule has 0 aliphatic heterocycles. The van der Waals surface area contributed by atoms with Crippen LogP contribution < -0.4 is 9.47 Å². The number of nitriles is 1. The van der Waals surface area contributed by atoms with Gasteiger partial charge < -0.3 is 9.47 Å². The van der Waals surface area contributed by atoms with Crippen molar-refractivity contribution < 1.29 is 9.47 Å². The van der Waals surface area contributed by atoms with Crippen LogP contribution in [0.4, 0.5) is 0 Å². The highest BCUT2D eigenvalue weighted by Gasteiger charge is 2.09. The number of benzene rings is 1. The van der Waals surface area contributed by atoms with Crippen LogP contribution in [0.15, 0.2) is 24.3 Å². The molecule has 0 unspecified atom stereocenters. The molecule has 0 bridgehead atoms. The highest BCUT2D eigenvalue weighted by atomic mass is 16.5. The van der Waals surface area contributed by atoms with Crippen LogP contribution in [0.3, 0.4) is 0 Å². The van der Waals surface area contributed by atoms with Crippen molar-refractivity contribution in [2.75, 3.05) is 13.7 Å². The van der Waals surface area contributed by atoms with Crippen LogP contribution in [0.1, 0.15) is 24.7 Å². The molecule has 1 heterocycles. The van der Waals surface area contributed by atoms with Crippen molar-refractivity contribution in [3.63, 3.8) is 0 Å². The van der Waals surface area contributed by atoms with E-state index < -0.39 is 0 Å². The molecule has 0 spiro atoms. The van der Waals surface area contributed by atoms with Gasteiger partial charge >= 0.3 is 0 Å². The van der Waals surface area contributed by atoms with Gasteiger partial charge in [-0.2, -0.15) is 5.26 Å². The van der Waals surface area contributed by atoms with Gasteiger partial charge in [0.25, 0.3) is 0 Å². The Morgan fingerprint density at radius 3 is 2.57 bits per heavy atom. The van der Waals surface area contributed by atoms with E-state index in [0.717, 1.165) is 30.0 Å². The van der Waals surface area contributed by atoms with Crippen LogP contribution in [0.25, 0.3) is 0 Å². The summed E-state index contributed by atoms with van der Waals surface area (Å²) in [6, 6.07) is 9.53. The summed E-state index contributed by atoms with van der Waals surface area (Å²) in [5, 5.41) is 16.8. The standard InChI is InChI=1S/C15H18N4O2/c1-3-15-14(11-16)17-18-19(15)9-4-10-21-13-7-5-12(20-2)6-8-13/h5-8H,3-4,9-10H2,1-2H3. The highest BCUT2D eigenvalue weighted by Crippen LogP contribution is 2.17. The predicted octanol–water partition coefficient (Wildman–Crippen LogP) is 2.19. The number of methoxy groups -OCH3 is 1. The molecule has 110 valence electrons. The molecule has 0 saturated carbocycles. The molecule has 0 amide bonds. The molecular weight excluding hydrogens is 268 g/mol. The lowest BCUT2D eigenvalue weighted by molar-refractivity contribution is 0.296. The molecular formula is C15H18N4O2. The molecule has 0 N–H and O–H groups in total. The zero-order valence-electron chi connectivity index (χ0n) is 12.2. The van der Waals surface area contributed by atoms with E-state index >= 15 is 0 Å². The van der Waals surface area contributed by atoms with Crippen LogP contribution in [0.5, 0.6) is 11.5 Å². The summed E-state index contributed by atoms with van der Waals surface area (Å²) >= 11 is 0. The fourth-order valence-electron chi connectivity index (χ4n) is 2.03. The van der Waals surface area contributed by atoms with E-state index in [1.54, 1.807) is 11.8 Å². The van der Waals surface area contributed by atoms with Crippen LogP contribution in [0, 0.1) is 11.3 Å². The number of hydrogen-bond donors (Lipinski definition) is 0. The monoisotopic (exact) mass is 286 g/mol. The molecule has 2 aromatic rings. The van der Waals surface area contributed by atoms with Crippen LogP contribution in [-0.2, 0) is 13.0 Å². The zero-order chi connectivity index (χ0) is 15.1. The summed E-state index contributed by atoms with van der Waals surface area (Å²) in [7, 11) is 1.63. The van der Waals surface area contributed by atoms with Gasteiger partial charge in [0.15, 0.2) is 5.69 Å². The number of nitrogens with zero attached hydrogens (tertiary/aromatic N) is 4. The largest absolute Gasteiger partial charge is 0.497 e. The summed E-state index contributed by atoms with van der Waals surface area (Å²) in [6.07, 6.45) is 1.54. The van der Waals surface area contributed by atoms with E-state index in [2.05, 4.69) is 16.4 Å². The van der Waals surface area contributed by atoms with Gasteiger partial charge in [-0.1, -0.05) is 12.1 Å². The predicted molar refractivity (Wildman–Crippen MR) is 77.2 cm³/mol. The van der Waals surface area contributed by atoms with Crippen molar-refractivity contribution >= 4 is 0 Å². The first-order valence-corrected chi connectivity index (χ1v) is 6.87. The topological polar surface area (TPSA) is 73.0 Å².